The third kappa shape index (κ3) is 3.85. The van der Waals surface area contributed by atoms with Crippen molar-refractivity contribution in [2.75, 3.05) is 18.4 Å². The van der Waals surface area contributed by atoms with E-state index in [1.807, 2.05) is 19.2 Å². The van der Waals surface area contributed by atoms with Crippen LogP contribution >= 0.6 is 11.3 Å². The van der Waals surface area contributed by atoms with Crippen LogP contribution in [0.3, 0.4) is 0 Å². The molecule has 78 valence electrons. The third-order valence-electron chi connectivity index (χ3n) is 1.64. The Kier molecular flexibility index (Phi) is 4.55. The number of amides is 1. The smallest absolute Gasteiger partial charge is 0.227 e. The summed E-state index contributed by atoms with van der Waals surface area (Å²) in [4.78, 5) is 15.5. The second-order valence-electron chi connectivity index (χ2n) is 2.95. The van der Waals surface area contributed by atoms with Crippen LogP contribution in [0.1, 0.15) is 19.0 Å². The molecule has 4 nitrogen and oxygen atoms in total. The fourth-order valence-corrected chi connectivity index (χ4v) is 1.68. The van der Waals surface area contributed by atoms with Gasteiger partial charge < -0.3 is 10.6 Å². The molecule has 1 aromatic rings. The van der Waals surface area contributed by atoms with E-state index in [9.17, 15) is 4.79 Å². The van der Waals surface area contributed by atoms with Gasteiger partial charge in [0.15, 0.2) is 5.13 Å². The maximum absolute atomic E-state index is 11.3. The third-order valence-corrected chi connectivity index (χ3v) is 2.52. The summed E-state index contributed by atoms with van der Waals surface area (Å²) in [6, 6.07) is 0. The van der Waals surface area contributed by atoms with E-state index in [-0.39, 0.29) is 5.91 Å². The molecule has 0 fully saturated rings. The first-order valence-corrected chi connectivity index (χ1v) is 5.53. The van der Waals surface area contributed by atoms with Crippen LogP contribution in [0.4, 0.5) is 5.13 Å². The van der Waals surface area contributed by atoms with Gasteiger partial charge in [-0.25, -0.2) is 4.98 Å². The zero-order chi connectivity index (χ0) is 10.4. The Bertz CT molecular complexity index is 298. The molecule has 0 saturated carbocycles. The maximum atomic E-state index is 11.3. The number of thiazole rings is 1. The van der Waals surface area contributed by atoms with Gasteiger partial charge in [-0.05, 0) is 13.5 Å². The largest absolute Gasteiger partial charge is 0.316 e. The lowest BCUT2D eigenvalue weighted by Gasteiger charge is -2.01. The first-order chi connectivity index (χ1) is 6.72. The second kappa shape index (κ2) is 5.72. The van der Waals surface area contributed by atoms with Crippen molar-refractivity contribution in [1.82, 2.24) is 10.3 Å². The molecule has 1 rings (SSSR count). The Balaban J connectivity index is 2.27. The van der Waals surface area contributed by atoms with Gasteiger partial charge in [0.2, 0.25) is 5.91 Å². The highest BCUT2D eigenvalue weighted by Crippen LogP contribution is 2.14. The van der Waals surface area contributed by atoms with Crippen LogP contribution in [0.2, 0.25) is 0 Å². The zero-order valence-electron chi connectivity index (χ0n) is 8.46. The molecule has 0 aliphatic rings. The summed E-state index contributed by atoms with van der Waals surface area (Å²) in [7, 11) is 0. The SMILES string of the molecule is CCNCCC(=O)Nc1nc(C)cs1. The highest BCUT2D eigenvalue weighted by atomic mass is 32.1. The van der Waals surface area contributed by atoms with E-state index in [0.717, 1.165) is 12.2 Å². The van der Waals surface area contributed by atoms with Crippen LogP contribution in [-0.4, -0.2) is 24.0 Å². The number of nitrogens with one attached hydrogen (secondary N) is 2. The molecule has 0 atom stereocenters. The lowest BCUT2D eigenvalue weighted by atomic mass is 10.4. The lowest BCUT2D eigenvalue weighted by Crippen LogP contribution is -2.21. The van der Waals surface area contributed by atoms with Gasteiger partial charge in [0, 0.05) is 18.3 Å². The van der Waals surface area contributed by atoms with Gasteiger partial charge in [-0.15, -0.1) is 11.3 Å². The molecule has 1 heterocycles. The average molecular weight is 213 g/mol. The Morgan fingerprint density at radius 2 is 2.43 bits per heavy atom. The summed E-state index contributed by atoms with van der Waals surface area (Å²) in [6.07, 6.45) is 0.493. The Morgan fingerprint density at radius 3 is 3.00 bits per heavy atom. The van der Waals surface area contributed by atoms with Crippen molar-refractivity contribution in [3.05, 3.63) is 11.1 Å². The van der Waals surface area contributed by atoms with Crippen molar-refractivity contribution in [3.8, 4) is 0 Å². The number of hydrogen-bond donors (Lipinski definition) is 2. The molecule has 0 spiro atoms. The van der Waals surface area contributed by atoms with Crippen molar-refractivity contribution >= 4 is 22.4 Å². The minimum absolute atomic E-state index is 0.0142. The minimum atomic E-state index is 0.0142. The summed E-state index contributed by atoms with van der Waals surface area (Å²) in [5.74, 6) is 0.0142. The van der Waals surface area contributed by atoms with E-state index in [2.05, 4.69) is 15.6 Å². The van der Waals surface area contributed by atoms with Gasteiger partial charge in [-0.2, -0.15) is 0 Å². The van der Waals surface area contributed by atoms with E-state index >= 15 is 0 Å². The molecule has 2 N–H and O–H groups in total. The van der Waals surface area contributed by atoms with Crippen molar-refractivity contribution < 1.29 is 4.79 Å². The number of hydrogen-bond acceptors (Lipinski definition) is 4. The van der Waals surface area contributed by atoms with Crippen molar-refractivity contribution in [2.24, 2.45) is 0 Å². The van der Waals surface area contributed by atoms with Crippen LogP contribution < -0.4 is 10.6 Å². The van der Waals surface area contributed by atoms with E-state index < -0.39 is 0 Å². The van der Waals surface area contributed by atoms with Crippen molar-refractivity contribution in [2.45, 2.75) is 20.3 Å². The molecule has 0 bridgehead atoms. The topological polar surface area (TPSA) is 54.0 Å². The molecule has 0 aromatic carbocycles. The van der Waals surface area contributed by atoms with Crippen molar-refractivity contribution in [1.29, 1.82) is 0 Å². The molecule has 0 aliphatic carbocycles. The Morgan fingerprint density at radius 1 is 1.64 bits per heavy atom. The van der Waals surface area contributed by atoms with Gasteiger partial charge in [0.1, 0.15) is 0 Å². The van der Waals surface area contributed by atoms with E-state index in [1.165, 1.54) is 11.3 Å². The quantitative estimate of drug-likeness (QED) is 0.727. The lowest BCUT2D eigenvalue weighted by molar-refractivity contribution is -0.116. The molecule has 5 heteroatoms. The maximum Gasteiger partial charge on any atom is 0.227 e. The zero-order valence-corrected chi connectivity index (χ0v) is 9.28. The highest BCUT2D eigenvalue weighted by molar-refractivity contribution is 7.13. The van der Waals surface area contributed by atoms with Crippen LogP contribution in [0, 0.1) is 6.92 Å². The molecule has 1 aromatic heterocycles. The van der Waals surface area contributed by atoms with E-state index in [1.54, 1.807) is 0 Å². The number of nitrogens with zero attached hydrogens (tertiary/aromatic N) is 1. The van der Waals surface area contributed by atoms with E-state index in [0.29, 0.717) is 18.1 Å². The fourth-order valence-electron chi connectivity index (χ4n) is 0.972. The molecule has 0 aliphatic heterocycles. The van der Waals surface area contributed by atoms with Gasteiger partial charge in [0.25, 0.3) is 0 Å². The molecule has 0 radical (unpaired) electrons. The number of carbonyl (C=O) groups excluding carboxylic acids is 1. The van der Waals surface area contributed by atoms with E-state index in [4.69, 9.17) is 0 Å². The number of aromatic nitrogens is 1. The normalized spacial score (nSPS) is 10.1. The first-order valence-electron chi connectivity index (χ1n) is 4.65. The molecule has 14 heavy (non-hydrogen) atoms. The van der Waals surface area contributed by atoms with Gasteiger partial charge in [-0.1, -0.05) is 6.92 Å². The summed E-state index contributed by atoms with van der Waals surface area (Å²) in [6.45, 7) is 5.53. The molecular weight excluding hydrogens is 198 g/mol. The predicted molar refractivity (Wildman–Crippen MR) is 58.6 cm³/mol. The summed E-state index contributed by atoms with van der Waals surface area (Å²) in [5, 5.41) is 8.44. The fraction of sp³-hybridized carbons (Fsp3) is 0.556. The molecular formula is C9H15N3OS. The number of rotatable bonds is 5. The first kappa shape index (κ1) is 11.1. The van der Waals surface area contributed by atoms with Gasteiger partial charge in [0.05, 0.1) is 5.69 Å². The highest BCUT2D eigenvalue weighted by Gasteiger charge is 2.03. The second-order valence-corrected chi connectivity index (χ2v) is 3.80. The monoisotopic (exact) mass is 213 g/mol. The van der Waals surface area contributed by atoms with Gasteiger partial charge in [-0.3, -0.25) is 4.79 Å². The molecule has 0 unspecified atom stereocenters. The minimum Gasteiger partial charge on any atom is -0.316 e. The number of aryl methyl sites for hydroxylation is 1. The summed E-state index contributed by atoms with van der Waals surface area (Å²) in [5.41, 5.74) is 0.942. The van der Waals surface area contributed by atoms with Crippen molar-refractivity contribution in [3.63, 3.8) is 0 Å². The Labute approximate surface area is 87.7 Å². The van der Waals surface area contributed by atoms with Crippen LogP contribution in [0.5, 0.6) is 0 Å². The molecule has 0 saturated heterocycles. The summed E-state index contributed by atoms with van der Waals surface area (Å²) >= 11 is 1.45. The van der Waals surface area contributed by atoms with Gasteiger partial charge >= 0.3 is 0 Å². The number of carbonyl (C=O) groups is 1. The average Bonchev–Trinajstić information content (AvgIpc) is 2.52. The van der Waals surface area contributed by atoms with Crippen LogP contribution in [-0.2, 0) is 4.79 Å². The Hall–Kier alpha value is -0.940. The van der Waals surface area contributed by atoms with Crippen LogP contribution in [0.25, 0.3) is 0 Å². The molecule has 1 amide bonds. The standard InChI is InChI=1S/C9H15N3OS/c1-3-10-5-4-8(13)12-9-11-7(2)6-14-9/h6,10H,3-5H2,1-2H3,(H,11,12,13). The predicted octanol–water partition coefficient (Wildman–Crippen LogP) is 1.39. The summed E-state index contributed by atoms with van der Waals surface area (Å²) < 4.78 is 0. The number of anilines is 1. The van der Waals surface area contributed by atoms with Crippen LogP contribution in [0.15, 0.2) is 5.38 Å².